The first-order valence-corrected chi connectivity index (χ1v) is 7.10. The van der Waals surface area contributed by atoms with Crippen molar-refractivity contribution in [2.75, 3.05) is 11.4 Å². The van der Waals surface area contributed by atoms with Gasteiger partial charge in [-0.2, -0.15) is 0 Å². The molecule has 3 N–H and O–H groups in total. The summed E-state index contributed by atoms with van der Waals surface area (Å²) in [4.78, 5) is 11.1. The number of nitrogen functional groups attached to an aromatic ring is 1. The molecule has 0 saturated carbocycles. The van der Waals surface area contributed by atoms with Gasteiger partial charge in [-0.05, 0) is 37.0 Å². The van der Waals surface area contributed by atoms with E-state index in [2.05, 4.69) is 40.0 Å². The monoisotopic (exact) mass is 281 g/mol. The van der Waals surface area contributed by atoms with Gasteiger partial charge in [0.25, 0.3) is 0 Å². The van der Waals surface area contributed by atoms with Crippen LogP contribution in [0.3, 0.4) is 0 Å². The Balaban J connectivity index is 2.10. The standard InChI is InChI=1S/C16H19N5/c1-10-7-12-5-3-4-6-14(12)21(9-10)16-19-11(2)8-13(20-16)15(17)18/h3-6,8,10H,7,9H2,1-2H3,(H3,17,18). The summed E-state index contributed by atoms with van der Waals surface area (Å²) in [6.45, 7) is 5.00. The molecule has 1 aliphatic heterocycles. The number of nitrogens with two attached hydrogens (primary N) is 1. The van der Waals surface area contributed by atoms with Crippen molar-refractivity contribution in [2.24, 2.45) is 11.7 Å². The van der Waals surface area contributed by atoms with Gasteiger partial charge in [0.05, 0.1) is 0 Å². The molecular weight excluding hydrogens is 262 g/mol. The van der Waals surface area contributed by atoms with Crippen LogP contribution in [0.2, 0.25) is 0 Å². The molecule has 0 fully saturated rings. The lowest BCUT2D eigenvalue weighted by Crippen LogP contribution is -2.32. The zero-order valence-corrected chi connectivity index (χ0v) is 12.3. The Bertz CT molecular complexity index is 695. The number of nitrogens with zero attached hydrogens (tertiary/aromatic N) is 3. The Hall–Kier alpha value is -2.43. The van der Waals surface area contributed by atoms with Crippen LogP contribution in [0.25, 0.3) is 0 Å². The molecule has 21 heavy (non-hydrogen) atoms. The van der Waals surface area contributed by atoms with E-state index in [1.54, 1.807) is 6.07 Å². The molecule has 1 aliphatic rings. The maximum absolute atomic E-state index is 7.60. The molecule has 0 amide bonds. The van der Waals surface area contributed by atoms with Gasteiger partial charge < -0.3 is 10.6 Å². The lowest BCUT2D eigenvalue weighted by atomic mass is 9.94. The van der Waals surface area contributed by atoms with Gasteiger partial charge in [0, 0.05) is 17.9 Å². The van der Waals surface area contributed by atoms with Crippen LogP contribution in [0.5, 0.6) is 0 Å². The van der Waals surface area contributed by atoms with Crippen LogP contribution in [0.15, 0.2) is 30.3 Å². The highest BCUT2D eigenvalue weighted by molar-refractivity contribution is 5.93. The second-order valence-electron chi connectivity index (χ2n) is 5.66. The maximum atomic E-state index is 7.60. The van der Waals surface area contributed by atoms with Crippen molar-refractivity contribution in [3.05, 3.63) is 47.3 Å². The van der Waals surface area contributed by atoms with Crippen molar-refractivity contribution in [3.8, 4) is 0 Å². The molecule has 0 bridgehead atoms. The number of fused-ring (bicyclic) bond motifs is 1. The van der Waals surface area contributed by atoms with Gasteiger partial charge in [0.15, 0.2) is 0 Å². The summed E-state index contributed by atoms with van der Waals surface area (Å²) in [7, 11) is 0. The number of aryl methyl sites for hydroxylation is 1. The molecule has 2 aromatic rings. The molecule has 0 saturated heterocycles. The van der Waals surface area contributed by atoms with Gasteiger partial charge in [-0.15, -0.1) is 0 Å². The van der Waals surface area contributed by atoms with Crippen LogP contribution in [0, 0.1) is 18.3 Å². The van der Waals surface area contributed by atoms with Crippen molar-refractivity contribution in [3.63, 3.8) is 0 Å². The highest BCUT2D eigenvalue weighted by Crippen LogP contribution is 2.33. The molecule has 1 atom stereocenters. The SMILES string of the molecule is Cc1cc(C(=N)N)nc(N2CC(C)Cc3ccccc32)n1. The Labute approximate surface area is 124 Å². The Morgan fingerprint density at radius 1 is 1.33 bits per heavy atom. The summed E-state index contributed by atoms with van der Waals surface area (Å²) in [6.07, 6.45) is 1.07. The van der Waals surface area contributed by atoms with E-state index in [0.717, 1.165) is 24.3 Å². The van der Waals surface area contributed by atoms with Crippen LogP contribution < -0.4 is 10.6 Å². The first kappa shape index (κ1) is 13.5. The van der Waals surface area contributed by atoms with Gasteiger partial charge in [0.1, 0.15) is 11.5 Å². The van der Waals surface area contributed by atoms with E-state index in [1.807, 2.05) is 13.0 Å². The van der Waals surface area contributed by atoms with Crippen LogP contribution in [0.1, 0.15) is 23.9 Å². The fourth-order valence-electron chi connectivity index (χ4n) is 2.80. The predicted octanol–water partition coefficient (Wildman–Crippen LogP) is 2.40. The molecule has 3 rings (SSSR count). The molecule has 0 radical (unpaired) electrons. The minimum Gasteiger partial charge on any atom is -0.382 e. The second kappa shape index (κ2) is 5.16. The van der Waals surface area contributed by atoms with Crippen LogP contribution in [0.4, 0.5) is 11.6 Å². The molecule has 5 heteroatoms. The van der Waals surface area contributed by atoms with Crippen molar-refractivity contribution in [1.29, 1.82) is 5.41 Å². The molecular formula is C16H19N5. The zero-order valence-electron chi connectivity index (χ0n) is 12.3. The maximum Gasteiger partial charge on any atom is 0.230 e. The summed E-state index contributed by atoms with van der Waals surface area (Å²) in [6, 6.07) is 10.1. The first-order chi connectivity index (χ1) is 10.0. The molecule has 1 unspecified atom stereocenters. The van der Waals surface area contributed by atoms with E-state index < -0.39 is 0 Å². The van der Waals surface area contributed by atoms with E-state index in [-0.39, 0.29) is 5.84 Å². The number of para-hydroxylation sites is 1. The fraction of sp³-hybridized carbons (Fsp3) is 0.312. The smallest absolute Gasteiger partial charge is 0.230 e. The van der Waals surface area contributed by atoms with Crippen molar-refractivity contribution in [1.82, 2.24) is 9.97 Å². The van der Waals surface area contributed by atoms with Gasteiger partial charge in [-0.25, -0.2) is 9.97 Å². The third-order valence-electron chi connectivity index (χ3n) is 3.70. The normalized spacial score (nSPS) is 17.4. The van der Waals surface area contributed by atoms with E-state index in [0.29, 0.717) is 17.6 Å². The number of aromatic nitrogens is 2. The summed E-state index contributed by atoms with van der Waals surface area (Å²) in [5, 5.41) is 7.60. The molecule has 1 aromatic heterocycles. The number of anilines is 2. The molecule has 2 heterocycles. The highest BCUT2D eigenvalue weighted by atomic mass is 15.3. The topological polar surface area (TPSA) is 78.9 Å². The number of amidine groups is 1. The molecule has 0 aliphatic carbocycles. The van der Waals surface area contributed by atoms with Crippen molar-refractivity contribution in [2.45, 2.75) is 20.3 Å². The van der Waals surface area contributed by atoms with Gasteiger partial charge in [-0.3, -0.25) is 5.41 Å². The predicted molar refractivity (Wildman–Crippen MR) is 84.1 cm³/mol. The van der Waals surface area contributed by atoms with Gasteiger partial charge in [-0.1, -0.05) is 25.1 Å². The van der Waals surface area contributed by atoms with Gasteiger partial charge in [0.2, 0.25) is 5.95 Å². The van der Waals surface area contributed by atoms with E-state index in [9.17, 15) is 0 Å². The summed E-state index contributed by atoms with van der Waals surface area (Å²) in [5.41, 5.74) is 9.34. The van der Waals surface area contributed by atoms with Crippen LogP contribution in [-0.4, -0.2) is 22.3 Å². The number of hydrogen-bond acceptors (Lipinski definition) is 4. The minimum atomic E-state index is -0.0277. The third kappa shape index (κ3) is 2.59. The van der Waals surface area contributed by atoms with Crippen LogP contribution >= 0.6 is 0 Å². The number of nitrogens with one attached hydrogen (secondary N) is 1. The van der Waals surface area contributed by atoms with Gasteiger partial charge >= 0.3 is 0 Å². The lowest BCUT2D eigenvalue weighted by molar-refractivity contribution is 0.557. The fourth-order valence-corrected chi connectivity index (χ4v) is 2.80. The third-order valence-corrected chi connectivity index (χ3v) is 3.70. The van der Waals surface area contributed by atoms with E-state index >= 15 is 0 Å². The zero-order chi connectivity index (χ0) is 15.0. The average molecular weight is 281 g/mol. The Kier molecular flexibility index (Phi) is 3.33. The van der Waals surface area contributed by atoms with E-state index in [4.69, 9.17) is 11.1 Å². The Morgan fingerprint density at radius 3 is 2.86 bits per heavy atom. The summed E-state index contributed by atoms with van der Waals surface area (Å²) in [5.74, 6) is 1.13. The van der Waals surface area contributed by atoms with Crippen LogP contribution in [-0.2, 0) is 6.42 Å². The van der Waals surface area contributed by atoms with Crippen molar-refractivity contribution < 1.29 is 0 Å². The number of rotatable bonds is 2. The average Bonchev–Trinajstić information content (AvgIpc) is 2.45. The quantitative estimate of drug-likeness (QED) is 0.654. The lowest BCUT2D eigenvalue weighted by Gasteiger charge is -2.33. The molecule has 0 spiro atoms. The number of benzene rings is 1. The largest absolute Gasteiger partial charge is 0.382 e. The number of hydrogen-bond donors (Lipinski definition) is 2. The summed E-state index contributed by atoms with van der Waals surface area (Å²) >= 11 is 0. The van der Waals surface area contributed by atoms with Crippen molar-refractivity contribution >= 4 is 17.5 Å². The molecule has 5 nitrogen and oxygen atoms in total. The second-order valence-corrected chi connectivity index (χ2v) is 5.66. The minimum absolute atomic E-state index is 0.0277. The Morgan fingerprint density at radius 2 is 2.10 bits per heavy atom. The molecule has 108 valence electrons. The van der Waals surface area contributed by atoms with E-state index in [1.165, 1.54) is 5.56 Å². The first-order valence-electron chi connectivity index (χ1n) is 7.10. The summed E-state index contributed by atoms with van der Waals surface area (Å²) < 4.78 is 0. The molecule has 1 aromatic carbocycles. The highest BCUT2D eigenvalue weighted by Gasteiger charge is 2.24.